The zero-order valence-corrected chi connectivity index (χ0v) is 13.5. The Kier molecular flexibility index (Phi) is 3.63. The number of hydrogen-bond donors (Lipinski definition) is 0. The van der Waals surface area contributed by atoms with Crippen molar-refractivity contribution in [2.24, 2.45) is 0 Å². The molecule has 24 heavy (non-hydrogen) atoms. The molecule has 0 saturated carbocycles. The summed E-state index contributed by atoms with van der Waals surface area (Å²) in [4.78, 5) is 16.6. The lowest BCUT2D eigenvalue weighted by Crippen LogP contribution is -2.60. The van der Waals surface area contributed by atoms with Crippen LogP contribution >= 0.6 is 0 Å². The summed E-state index contributed by atoms with van der Waals surface area (Å²) >= 11 is 0. The first-order valence-electron chi connectivity index (χ1n) is 8.17. The van der Waals surface area contributed by atoms with Crippen molar-refractivity contribution < 1.29 is 13.9 Å². The lowest BCUT2D eigenvalue weighted by Gasteiger charge is -2.46. The maximum atomic E-state index is 13.6. The minimum Gasteiger partial charge on any atom is -0.489 e. The molecule has 0 aromatic heterocycles. The van der Waals surface area contributed by atoms with E-state index in [-0.39, 0.29) is 30.4 Å². The molecule has 4 rings (SSSR count). The van der Waals surface area contributed by atoms with Gasteiger partial charge in [0.15, 0.2) is 0 Å². The molecule has 0 aliphatic carbocycles. The first-order valence-corrected chi connectivity index (χ1v) is 8.17. The van der Waals surface area contributed by atoms with E-state index in [4.69, 9.17) is 4.74 Å². The number of carbonyl (C=O) groups is 1. The van der Waals surface area contributed by atoms with Gasteiger partial charge in [-0.25, -0.2) is 4.39 Å². The Morgan fingerprint density at radius 3 is 2.79 bits per heavy atom. The minimum absolute atomic E-state index is 0.00903. The molecule has 2 aliphatic rings. The molecule has 1 fully saturated rings. The molecule has 124 valence electrons. The first kappa shape index (κ1) is 15.0. The molecular formula is C19H19FN2O2. The van der Waals surface area contributed by atoms with E-state index < -0.39 is 0 Å². The number of anilines is 1. The maximum absolute atomic E-state index is 13.6. The van der Waals surface area contributed by atoms with Crippen LogP contribution in [0, 0.1) is 5.82 Å². The number of halogens is 1. The van der Waals surface area contributed by atoms with E-state index in [1.165, 1.54) is 12.1 Å². The molecule has 1 unspecified atom stereocenters. The fourth-order valence-electron chi connectivity index (χ4n) is 3.53. The number of fused-ring (bicyclic) bond motifs is 3. The van der Waals surface area contributed by atoms with Crippen LogP contribution in [0.1, 0.15) is 18.5 Å². The number of ether oxygens (including phenoxy) is 1. The number of piperazine rings is 1. The number of amides is 1. The Morgan fingerprint density at radius 1 is 1.21 bits per heavy atom. The third kappa shape index (κ3) is 2.50. The molecule has 0 bridgehead atoms. The van der Waals surface area contributed by atoms with Crippen LogP contribution in [0.2, 0.25) is 0 Å². The van der Waals surface area contributed by atoms with Crippen molar-refractivity contribution in [3.63, 3.8) is 0 Å². The van der Waals surface area contributed by atoms with E-state index in [1.807, 2.05) is 47.1 Å². The second-order valence-corrected chi connectivity index (χ2v) is 6.34. The summed E-state index contributed by atoms with van der Waals surface area (Å²) in [6.45, 7) is 3.37. The second kappa shape index (κ2) is 5.82. The van der Waals surface area contributed by atoms with Gasteiger partial charge in [0.05, 0.1) is 24.3 Å². The standard InChI is InChI=1S/C19H19FN2O2/c1-13(14-5-3-2-4-6-14)21-10-16-12-24-18-8-7-15(20)9-17(18)22(16)11-19(21)23/h2-9,13,16H,10-12H2,1H3/t13-,16?/m0/s1. The average Bonchev–Trinajstić information content (AvgIpc) is 2.61. The topological polar surface area (TPSA) is 32.8 Å². The largest absolute Gasteiger partial charge is 0.489 e. The molecule has 2 aromatic carbocycles. The predicted molar refractivity (Wildman–Crippen MR) is 89.6 cm³/mol. The minimum atomic E-state index is -0.314. The van der Waals surface area contributed by atoms with Crippen LogP contribution in [0.5, 0.6) is 5.75 Å². The van der Waals surface area contributed by atoms with Gasteiger partial charge < -0.3 is 14.5 Å². The zero-order chi connectivity index (χ0) is 16.7. The number of hydrogen-bond acceptors (Lipinski definition) is 3. The van der Waals surface area contributed by atoms with Gasteiger partial charge in [0, 0.05) is 12.6 Å². The van der Waals surface area contributed by atoms with Gasteiger partial charge in [0.1, 0.15) is 18.2 Å². The summed E-state index contributed by atoms with van der Waals surface area (Å²) in [5.41, 5.74) is 1.79. The van der Waals surface area contributed by atoms with Crippen molar-refractivity contribution in [2.75, 3.05) is 24.6 Å². The summed E-state index contributed by atoms with van der Waals surface area (Å²) in [6, 6.07) is 14.5. The van der Waals surface area contributed by atoms with Crippen LogP contribution in [0.25, 0.3) is 0 Å². The van der Waals surface area contributed by atoms with Crippen molar-refractivity contribution >= 4 is 11.6 Å². The molecule has 5 heteroatoms. The second-order valence-electron chi connectivity index (χ2n) is 6.34. The van der Waals surface area contributed by atoms with Crippen molar-refractivity contribution in [1.29, 1.82) is 0 Å². The highest BCUT2D eigenvalue weighted by Crippen LogP contribution is 2.37. The summed E-state index contributed by atoms with van der Waals surface area (Å²) < 4.78 is 19.4. The van der Waals surface area contributed by atoms with E-state index >= 15 is 0 Å². The Labute approximate surface area is 140 Å². The summed E-state index contributed by atoms with van der Waals surface area (Å²) in [5.74, 6) is 0.384. The number of rotatable bonds is 2. The molecule has 4 nitrogen and oxygen atoms in total. The van der Waals surface area contributed by atoms with Crippen molar-refractivity contribution in [3.8, 4) is 5.75 Å². The van der Waals surface area contributed by atoms with Crippen LogP contribution in [0.15, 0.2) is 48.5 Å². The van der Waals surface area contributed by atoms with Crippen LogP contribution in [0.4, 0.5) is 10.1 Å². The van der Waals surface area contributed by atoms with Gasteiger partial charge in [0.2, 0.25) is 5.91 Å². The van der Waals surface area contributed by atoms with Crippen molar-refractivity contribution in [3.05, 3.63) is 59.9 Å². The average molecular weight is 326 g/mol. The summed E-state index contributed by atoms with van der Waals surface area (Å²) in [7, 11) is 0. The fraction of sp³-hybridized carbons (Fsp3) is 0.316. The normalized spacial score (nSPS) is 20.9. The van der Waals surface area contributed by atoms with E-state index in [2.05, 4.69) is 0 Å². The van der Waals surface area contributed by atoms with Gasteiger partial charge in [-0.15, -0.1) is 0 Å². The summed E-state index contributed by atoms with van der Waals surface area (Å²) in [6.07, 6.45) is 0. The highest BCUT2D eigenvalue weighted by Gasteiger charge is 2.38. The molecule has 0 N–H and O–H groups in total. The quantitative estimate of drug-likeness (QED) is 0.850. The first-order chi connectivity index (χ1) is 11.6. The van der Waals surface area contributed by atoms with Gasteiger partial charge in [-0.1, -0.05) is 30.3 Å². The highest BCUT2D eigenvalue weighted by molar-refractivity contribution is 5.84. The van der Waals surface area contributed by atoms with Crippen LogP contribution < -0.4 is 9.64 Å². The Bertz CT molecular complexity index is 765. The van der Waals surface area contributed by atoms with E-state index in [1.54, 1.807) is 6.07 Å². The van der Waals surface area contributed by atoms with E-state index in [0.717, 1.165) is 5.56 Å². The molecule has 0 radical (unpaired) electrons. The monoisotopic (exact) mass is 326 g/mol. The molecular weight excluding hydrogens is 307 g/mol. The van der Waals surface area contributed by atoms with Gasteiger partial charge >= 0.3 is 0 Å². The third-order valence-corrected chi connectivity index (χ3v) is 4.89. The molecule has 1 saturated heterocycles. The molecule has 1 amide bonds. The van der Waals surface area contributed by atoms with E-state index in [9.17, 15) is 9.18 Å². The van der Waals surface area contributed by atoms with Crippen LogP contribution in [-0.4, -0.2) is 36.5 Å². The van der Waals surface area contributed by atoms with Crippen molar-refractivity contribution in [2.45, 2.75) is 19.0 Å². The number of nitrogens with zero attached hydrogens (tertiary/aromatic N) is 2. The maximum Gasteiger partial charge on any atom is 0.242 e. The Hall–Kier alpha value is -2.56. The Morgan fingerprint density at radius 2 is 2.00 bits per heavy atom. The molecule has 2 atom stereocenters. The highest BCUT2D eigenvalue weighted by atomic mass is 19.1. The molecule has 2 heterocycles. The smallest absolute Gasteiger partial charge is 0.242 e. The van der Waals surface area contributed by atoms with Gasteiger partial charge in [-0.3, -0.25) is 4.79 Å². The lowest BCUT2D eigenvalue weighted by atomic mass is 10.0. The van der Waals surface area contributed by atoms with Crippen LogP contribution in [-0.2, 0) is 4.79 Å². The molecule has 2 aromatic rings. The molecule has 2 aliphatic heterocycles. The molecule has 0 spiro atoms. The lowest BCUT2D eigenvalue weighted by molar-refractivity contribution is -0.134. The number of benzene rings is 2. The predicted octanol–water partition coefficient (Wildman–Crippen LogP) is 3.00. The number of carbonyl (C=O) groups excluding carboxylic acids is 1. The van der Waals surface area contributed by atoms with Crippen molar-refractivity contribution in [1.82, 2.24) is 4.90 Å². The summed E-state index contributed by atoms with van der Waals surface area (Å²) in [5, 5.41) is 0. The third-order valence-electron chi connectivity index (χ3n) is 4.89. The fourth-order valence-corrected chi connectivity index (χ4v) is 3.53. The SMILES string of the molecule is C[C@@H](c1ccccc1)N1CC2COc3ccc(F)cc3N2CC1=O. The van der Waals surface area contributed by atoms with E-state index in [0.29, 0.717) is 24.6 Å². The van der Waals surface area contributed by atoms with Gasteiger partial charge in [0.25, 0.3) is 0 Å². The van der Waals surface area contributed by atoms with Crippen LogP contribution in [0.3, 0.4) is 0 Å². The Balaban J connectivity index is 1.60. The zero-order valence-electron chi connectivity index (χ0n) is 13.5. The van der Waals surface area contributed by atoms with Gasteiger partial charge in [-0.05, 0) is 24.6 Å². The van der Waals surface area contributed by atoms with Gasteiger partial charge in [-0.2, -0.15) is 0 Å².